The maximum absolute atomic E-state index is 15.7. The van der Waals surface area contributed by atoms with Crippen molar-refractivity contribution in [1.29, 1.82) is 0 Å². The summed E-state index contributed by atoms with van der Waals surface area (Å²) in [4.78, 5) is 18.8. The van der Waals surface area contributed by atoms with Crippen LogP contribution in [0.3, 0.4) is 0 Å². The van der Waals surface area contributed by atoms with Crippen molar-refractivity contribution in [2.24, 2.45) is 5.92 Å². The minimum atomic E-state index is -4.08. The van der Waals surface area contributed by atoms with Gasteiger partial charge in [0, 0.05) is 28.7 Å². The van der Waals surface area contributed by atoms with Crippen LogP contribution >= 0.6 is 11.6 Å². The Labute approximate surface area is 373 Å². The van der Waals surface area contributed by atoms with E-state index in [2.05, 4.69) is 37.1 Å². The number of nitrogens with zero attached hydrogens (tertiary/aromatic N) is 5. The van der Waals surface area contributed by atoms with Crippen molar-refractivity contribution in [2.45, 2.75) is 101 Å². The summed E-state index contributed by atoms with van der Waals surface area (Å²) < 4.78 is 171. The Morgan fingerprint density at radius 1 is 0.954 bits per heavy atom. The Hall–Kier alpha value is -5.27. The van der Waals surface area contributed by atoms with Gasteiger partial charge in [-0.3, -0.25) is 18.9 Å². The Balaban J connectivity index is 1.45. The first-order valence-electron chi connectivity index (χ1n) is 19.9. The van der Waals surface area contributed by atoms with Crippen molar-refractivity contribution < 1.29 is 56.8 Å². The van der Waals surface area contributed by atoms with E-state index >= 15 is 8.78 Å². The summed E-state index contributed by atoms with van der Waals surface area (Å²) >= 11 is 6.56. The molecule has 12 nitrogen and oxygen atoms in total. The fourth-order valence-corrected chi connectivity index (χ4v) is 10.6. The van der Waals surface area contributed by atoms with Crippen LogP contribution in [0.5, 0.6) is 0 Å². The van der Waals surface area contributed by atoms with Crippen molar-refractivity contribution in [2.75, 3.05) is 11.0 Å². The molecule has 3 aromatic heterocycles. The van der Waals surface area contributed by atoms with E-state index in [0.29, 0.717) is 23.6 Å². The molecule has 23 heteroatoms. The molecule has 2 aliphatic carbocycles. The van der Waals surface area contributed by atoms with Crippen LogP contribution in [0.2, 0.25) is 5.02 Å². The molecule has 1 fully saturated rings. The number of anilines is 1. The number of rotatable bonds is 14. The number of halogens is 9. The summed E-state index contributed by atoms with van der Waals surface area (Å²) in [6.07, 6.45) is -5.16. The van der Waals surface area contributed by atoms with Crippen LogP contribution < -0.4 is 10.0 Å². The molecule has 0 saturated heterocycles. The smallest absolute Gasteiger partial charge is 0.292 e. The lowest BCUT2D eigenvalue weighted by Crippen LogP contribution is -2.35. The lowest BCUT2D eigenvalue weighted by molar-refractivity contribution is -0.123. The van der Waals surface area contributed by atoms with Gasteiger partial charge < -0.3 is 5.32 Å². The Morgan fingerprint density at radius 2 is 1.60 bits per heavy atom. The molecule has 1 saturated carbocycles. The molecule has 2 aromatic carbocycles. The van der Waals surface area contributed by atoms with Gasteiger partial charge in [-0.15, -0.1) is 0 Å². The summed E-state index contributed by atoms with van der Waals surface area (Å²) in [5.74, 6) is -4.35. The highest BCUT2D eigenvalue weighted by atomic mass is 35.5. The van der Waals surface area contributed by atoms with Gasteiger partial charge in [0.15, 0.2) is 15.7 Å². The number of pyridine rings is 1. The lowest BCUT2D eigenvalue weighted by Gasteiger charge is -2.24. The van der Waals surface area contributed by atoms with Crippen LogP contribution in [0.1, 0.15) is 92.8 Å². The standard InChI is InChI=1S/C42H40ClF8N7O5S2/c1-20-21(2)42(50,51)38-33(20)36(39(48)49)54-58(38)19-32(59)53-30(16-22-14-23(44)17-24(45)15-22)35-27(9-6-25(52-35)12-13-41(3,4)65(62,63)26-7-8-26)28-10-11-29(43)34-37(28)57(18-31(46)47)55-40(34)56-64(5,60)61/h6,9-11,14-15,17,20-21,26,30-31,39H,7-8,16,18-19H2,1-5H3,(H,53,59)(H,55,56)/t20-,21+,30-/m0/s1. The molecule has 2 N–H and O–H groups in total. The zero-order valence-corrected chi connectivity index (χ0v) is 37.4. The average Bonchev–Trinajstić information content (AvgIpc) is 3.87. The highest BCUT2D eigenvalue weighted by Gasteiger charge is 2.55. The average molecular weight is 974 g/mol. The van der Waals surface area contributed by atoms with E-state index in [0.717, 1.165) is 23.1 Å². The van der Waals surface area contributed by atoms with Crippen molar-refractivity contribution in [3.05, 3.63) is 93.0 Å². The number of carbonyl (C=O) groups excluding carboxylic acids is 1. The summed E-state index contributed by atoms with van der Waals surface area (Å²) in [7, 11) is -7.84. The molecule has 0 spiro atoms. The molecule has 65 heavy (non-hydrogen) atoms. The second-order valence-corrected chi connectivity index (χ2v) is 21.6. The van der Waals surface area contributed by atoms with E-state index in [1.807, 2.05) is 0 Å². The number of carbonyl (C=O) groups is 1. The first-order valence-corrected chi connectivity index (χ1v) is 23.8. The zero-order valence-electron chi connectivity index (χ0n) is 35.0. The van der Waals surface area contributed by atoms with Crippen molar-refractivity contribution >= 4 is 54.1 Å². The molecule has 7 rings (SSSR count). The van der Waals surface area contributed by atoms with Gasteiger partial charge in [0.05, 0.1) is 39.2 Å². The molecule has 348 valence electrons. The highest BCUT2D eigenvalue weighted by molar-refractivity contribution is 7.93. The van der Waals surface area contributed by atoms with Crippen molar-refractivity contribution in [3.63, 3.8) is 0 Å². The molecule has 0 radical (unpaired) electrons. The number of fused-ring (bicyclic) bond motifs is 2. The molecular weight excluding hydrogens is 934 g/mol. The first-order chi connectivity index (χ1) is 30.2. The molecule has 5 aromatic rings. The fraction of sp³-hybridized carbons (Fsp3) is 0.429. The molecule has 0 aliphatic heterocycles. The predicted molar refractivity (Wildman–Crippen MR) is 225 cm³/mol. The number of amides is 1. The van der Waals surface area contributed by atoms with Gasteiger partial charge in [-0.2, -0.15) is 19.0 Å². The monoisotopic (exact) mass is 973 g/mol. The number of alkyl halides is 6. The number of hydrogen-bond acceptors (Lipinski definition) is 8. The summed E-state index contributed by atoms with van der Waals surface area (Å²) in [5.41, 5.74) is -2.83. The van der Waals surface area contributed by atoms with Gasteiger partial charge in [-0.05, 0) is 80.8 Å². The van der Waals surface area contributed by atoms with E-state index in [1.54, 1.807) is 0 Å². The van der Waals surface area contributed by atoms with Crippen LogP contribution in [0, 0.1) is 29.4 Å². The van der Waals surface area contributed by atoms with Gasteiger partial charge in [0.25, 0.3) is 18.8 Å². The molecule has 0 bridgehead atoms. The molecule has 3 atom stereocenters. The maximum atomic E-state index is 15.7. The zero-order chi connectivity index (χ0) is 47.7. The quantitative estimate of drug-likeness (QED) is 0.0830. The highest BCUT2D eigenvalue weighted by Crippen LogP contribution is 2.54. The van der Waals surface area contributed by atoms with Crippen LogP contribution in [0.25, 0.3) is 22.0 Å². The van der Waals surface area contributed by atoms with E-state index in [9.17, 15) is 48.0 Å². The van der Waals surface area contributed by atoms with Crippen LogP contribution in [-0.4, -0.2) is 70.0 Å². The number of nitrogens with one attached hydrogen (secondary N) is 2. The summed E-state index contributed by atoms with van der Waals surface area (Å²) in [6, 6.07) is 6.22. The second-order valence-electron chi connectivity index (χ2n) is 16.7. The van der Waals surface area contributed by atoms with Crippen molar-refractivity contribution in [3.8, 4) is 23.0 Å². The van der Waals surface area contributed by atoms with Gasteiger partial charge >= 0.3 is 0 Å². The third kappa shape index (κ3) is 9.41. The second kappa shape index (κ2) is 17.2. The molecular formula is C42H40ClF8N7O5S2. The van der Waals surface area contributed by atoms with Crippen LogP contribution in [0.4, 0.5) is 40.9 Å². The van der Waals surface area contributed by atoms with Gasteiger partial charge in [0.2, 0.25) is 15.9 Å². The first kappa shape index (κ1) is 47.7. The number of sulfone groups is 1. The minimum Gasteiger partial charge on any atom is -0.346 e. The number of sulfonamides is 1. The van der Waals surface area contributed by atoms with E-state index in [1.165, 1.54) is 52.0 Å². The lowest BCUT2D eigenvalue weighted by atomic mass is 9.93. The van der Waals surface area contributed by atoms with E-state index in [-0.39, 0.29) is 44.0 Å². The molecule has 1 amide bonds. The Kier molecular flexibility index (Phi) is 12.6. The largest absolute Gasteiger partial charge is 0.346 e. The summed E-state index contributed by atoms with van der Waals surface area (Å²) in [6.45, 7) is 3.16. The van der Waals surface area contributed by atoms with Gasteiger partial charge in [-0.1, -0.05) is 37.4 Å². The number of aromatic nitrogens is 5. The van der Waals surface area contributed by atoms with Crippen LogP contribution in [0.15, 0.2) is 42.5 Å². The number of hydrogen-bond donors (Lipinski definition) is 2. The minimum absolute atomic E-state index is 0.00323. The van der Waals surface area contributed by atoms with E-state index < -0.39 is 126 Å². The Morgan fingerprint density at radius 3 is 2.20 bits per heavy atom. The predicted octanol–water partition coefficient (Wildman–Crippen LogP) is 8.45. The van der Waals surface area contributed by atoms with Gasteiger partial charge in [0.1, 0.15) is 46.6 Å². The SMILES string of the molecule is C[C@@H]1c2c(C(F)F)nn(CC(=O)N[C@@H](Cc3cc(F)cc(F)c3)c3nc(C#CC(C)(C)S(=O)(=O)C4CC4)ccc3-c3ccc(Cl)c4c(NS(C)(=O)=O)nn(CC(F)F)c34)c2C(F)(F)[C@@H]1C. The van der Waals surface area contributed by atoms with Gasteiger partial charge in [-0.25, -0.2) is 48.2 Å². The maximum Gasteiger partial charge on any atom is 0.292 e. The van der Waals surface area contributed by atoms with Crippen LogP contribution in [-0.2, 0) is 50.1 Å². The Bertz CT molecular complexity index is 3000. The molecule has 0 unspecified atom stereocenters. The third-order valence-corrected chi connectivity index (χ3v) is 15.2. The topological polar surface area (TPSA) is 158 Å². The molecule has 2 aliphatic rings. The third-order valence-electron chi connectivity index (χ3n) is 11.5. The molecule has 3 heterocycles. The summed E-state index contributed by atoms with van der Waals surface area (Å²) in [5, 5.41) is 9.53. The fourth-order valence-electron chi connectivity index (χ4n) is 8.03. The van der Waals surface area contributed by atoms with Crippen molar-refractivity contribution in [1.82, 2.24) is 29.9 Å². The van der Waals surface area contributed by atoms with E-state index in [4.69, 9.17) is 11.6 Å². The normalized spacial score (nSPS) is 17.9. The number of benzene rings is 2.